The molecule has 0 aromatic heterocycles. The van der Waals surface area contributed by atoms with Crippen LogP contribution in [-0.4, -0.2) is 96.7 Å². The van der Waals surface area contributed by atoms with Gasteiger partial charge in [0, 0.05) is 25.7 Å². The number of unbranched alkanes of at least 4 members (excludes halogenated alkanes) is 31. The van der Waals surface area contributed by atoms with Crippen molar-refractivity contribution >= 4 is 39.5 Å². The number of aliphatic hydroxyl groups excluding tert-OH is 1. The summed E-state index contributed by atoms with van der Waals surface area (Å²) in [6.07, 6.45) is 39.2. The maximum atomic E-state index is 13.0. The Kier molecular flexibility index (Phi) is 56.6. The highest BCUT2D eigenvalue weighted by Gasteiger charge is 2.30. The summed E-state index contributed by atoms with van der Waals surface area (Å²) >= 11 is 0. The van der Waals surface area contributed by atoms with Crippen molar-refractivity contribution < 1.29 is 80.2 Å². The Morgan fingerprint density at radius 2 is 0.483 bits per heavy atom. The van der Waals surface area contributed by atoms with Gasteiger partial charge in [-0.1, -0.05) is 280 Å². The van der Waals surface area contributed by atoms with Crippen LogP contribution in [-0.2, 0) is 65.4 Å². The van der Waals surface area contributed by atoms with Gasteiger partial charge in [0.05, 0.1) is 26.4 Å². The number of hydrogen-bond donors (Lipinski definition) is 3. The van der Waals surface area contributed by atoms with E-state index in [1.165, 1.54) is 128 Å². The molecular formula is C68H132O17P2. The van der Waals surface area contributed by atoms with Gasteiger partial charge in [0.1, 0.15) is 19.3 Å². The van der Waals surface area contributed by atoms with Gasteiger partial charge >= 0.3 is 39.5 Å². The largest absolute Gasteiger partial charge is 0.472 e. The molecule has 0 saturated carbocycles. The predicted molar refractivity (Wildman–Crippen MR) is 349 cm³/mol. The second-order valence-electron chi connectivity index (χ2n) is 26.5. The summed E-state index contributed by atoms with van der Waals surface area (Å²) in [6.45, 7) is 14.0. The van der Waals surface area contributed by atoms with Gasteiger partial charge in [-0.05, 0) is 49.4 Å². The Morgan fingerprint density at radius 1 is 0.287 bits per heavy atom. The Labute approximate surface area is 530 Å². The lowest BCUT2D eigenvalue weighted by molar-refractivity contribution is -0.161. The van der Waals surface area contributed by atoms with E-state index in [0.29, 0.717) is 31.6 Å². The molecule has 0 saturated heterocycles. The van der Waals surface area contributed by atoms with Gasteiger partial charge in [-0.2, -0.15) is 0 Å². The Balaban J connectivity index is 5.24. The minimum atomic E-state index is -4.95. The molecule has 2 unspecified atom stereocenters. The normalized spacial score (nSPS) is 14.3. The second-order valence-corrected chi connectivity index (χ2v) is 29.4. The number of phosphoric ester groups is 2. The third-order valence-corrected chi connectivity index (χ3v) is 17.5. The number of phosphoric acid groups is 2. The fourth-order valence-electron chi connectivity index (χ4n) is 10.1. The van der Waals surface area contributed by atoms with Crippen LogP contribution in [0.2, 0.25) is 0 Å². The van der Waals surface area contributed by atoms with E-state index in [1.807, 2.05) is 0 Å². The number of carbonyl (C=O) groups excluding carboxylic acids is 4. The van der Waals surface area contributed by atoms with Crippen LogP contribution in [0.4, 0.5) is 0 Å². The third kappa shape index (κ3) is 62.6. The van der Waals surface area contributed by atoms with Crippen molar-refractivity contribution in [3.8, 4) is 0 Å². The van der Waals surface area contributed by atoms with Gasteiger partial charge in [-0.25, -0.2) is 9.13 Å². The second kappa shape index (κ2) is 57.9. The van der Waals surface area contributed by atoms with E-state index in [4.69, 9.17) is 37.0 Å². The first-order valence-corrected chi connectivity index (χ1v) is 38.2. The summed E-state index contributed by atoms with van der Waals surface area (Å²) in [6, 6.07) is 0. The van der Waals surface area contributed by atoms with Crippen LogP contribution in [0.5, 0.6) is 0 Å². The topological polar surface area (TPSA) is 237 Å². The summed E-state index contributed by atoms with van der Waals surface area (Å²) in [5, 5.41) is 10.6. The number of hydrogen-bond acceptors (Lipinski definition) is 15. The maximum Gasteiger partial charge on any atom is 0.472 e. The van der Waals surface area contributed by atoms with Gasteiger partial charge in [-0.15, -0.1) is 0 Å². The molecule has 0 aromatic carbocycles. The van der Waals surface area contributed by atoms with E-state index in [9.17, 15) is 43.2 Å². The summed E-state index contributed by atoms with van der Waals surface area (Å²) in [5.41, 5.74) is 0. The van der Waals surface area contributed by atoms with Crippen LogP contribution in [0, 0.1) is 23.7 Å². The van der Waals surface area contributed by atoms with Crippen molar-refractivity contribution in [1.82, 2.24) is 0 Å². The number of rotatable bonds is 65. The minimum Gasteiger partial charge on any atom is -0.462 e. The zero-order valence-electron chi connectivity index (χ0n) is 56.6. The molecule has 0 rings (SSSR count). The van der Waals surface area contributed by atoms with Crippen LogP contribution >= 0.6 is 15.6 Å². The van der Waals surface area contributed by atoms with Crippen molar-refractivity contribution in [3.05, 3.63) is 0 Å². The third-order valence-electron chi connectivity index (χ3n) is 15.6. The molecule has 0 radical (unpaired) electrons. The average Bonchev–Trinajstić information content (AvgIpc) is 3.63. The number of aliphatic hydroxyl groups is 1. The van der Waals surface area contributed by atoms with E-state index < -0.39 is 97.5 Å². The van der Waals surface area contributed by atoms with Gasteiger partial charge in [0.25, 0.3) is 0 Å². The summed E-state index contributed by atoms with van der Waals surface area (Å²) in [7, 11) is -9.90. The smallest absolute Gasteiger partial charge is 0.462 e. The minimum absolute atomic E-state index is 0.103. The molecule has 0 amide bonds. The molecule has 3 N–H and O–H groups in total. The van der Waals surface area contributed by atoms with Crippen LogP contribution < -0.4 is 0 Å². The number of carbonyl (C=O) groups is 4. The fourth-order valence-corrected chi connectivity index (χ4v) is 11.7. The molecule has 0 aliphatic rings. The quantitative estimate of drug-likeness (QED) is 0.0222. The molecular weight excluding hydrogens is 1150 g/mol. The maximum absolute atomic E-state index is 13.0. The standard InChI is InChI=1S/C68H132O17P2/c1-58(2)44-36-28-20-14-12-10-9-11-13-15-24-34-42-50-67(72)84-63(54-78-65(70)48-40-32-23-18-16-21-29-37-45-59(3)4)56-82-86(74,75)80-52-62(69)53-81-87(76,77)83-57-64(55-79-66(71)49-41-33-27-26-31-39-47-61(7)8)85-68(73)51-43-35-25-19-17-22-30-38-46-60(5)6/h58-64,69H,9-57H2,1-8H3,(H,74,75)(H,76,77)/t62-,63-,64-/m1/s1. The highest BCUT2D eigenvalue weighted by atomic mass is 31.2. The molecule has 0 spiro atoms. The van der Waals surface area contributed by atoms with E-state index >= 15 is 0 Å². The molecule has 0 aliphatic heterocycles. The molecule has 0 aromatic rings. The molecule has 17 nitrogen and oxygen atoms in total. The van der Waals surface area contributed by atoms with Crippen molar-refractivity contribution in [3.63, 3.8) is 0 Å². The Morgan fingerprint density at radius 3 is 0.713 bits per heavy atom. The summed E-state index contributed by atoms with van der Waals surface area (Å²) in [4.78, 5) is 72.4. The van der Waals surface area contributed by atoms with Crippen molar-refractivity contribution in [2.75, 3.05) is 39.6 Å². The summed E-state index contributed by atoms with van der Waals surface area (Å²) in [5.74, 6) is 0.775. The summed E-state index contributed by atoms with van der Waals surface area (Å²) < 4.78 is 68.1. The van der Waals surface area contributed by atoms with Gasteiger partial charge in [-0.3, -0.25) is 37.3 Å². The van der Waals surface area contributed by atoms with E-state index in [2.05, 4.69) is 55.4 Å². The molecule has 0 fully saturated rings. The average molecular weight is 1280 g/mol. The molecule has 516 valence electrons. The van der Waals surface area contributed by atoms with Gasteiger partial charge < -0.3 is 33.8 Å². The van der Waals surface area contributed by atoms with Crippen LogP contribution in [0.3, 0.4) is 0 Å². The molecule has 0 heterocycles. The Hall–Kier alpha value is -1.94. The lowest BCUT2D eigenvalue weighted by Gasteiger charge is -2.21. The molecule has 0 bridgehead atoms. The van der Waals surface area contributed by atoms with Gasteiger partial charge in [0.15, 0.2) is 12.2 Å². The van der Waals surface area contributed by atoms with Crippen LogP contribution in [0.1, 0.15) is 331 Å². The lowest BCUT2D eigenvalue weighted by atomic mass is 10.0. The first-order valence-electron chi connectivity index (χ1n) is 35.2. The van der Waals surface area contributed by atoms with Crippen LogP contribution in [0.25, 0.3) is 0 Å². The van der Waals surface area contributed by atoms with E-state index in [1.54, 1.807) is 0 Å². The highest BCUT2D eigenvalue weighted by Crippen LogP contribution is 2.45. The first kappa shape index (κ1) is 85.1. The monoisotopic (exact) mass is 1280 g/mol. The number of ether oxygens (including phenoxy) is 4. The molecule has 5 atom stereocenters. The highest BCUT2D eigenvalue weighted by molar-refractivity contribution is 7.47. The van der Waals surface area contributed by atoms with E-state index in [-0.39, 0.29) is 25.7 Å². The fraction of sp³-hybridized carbons (Fsp3) is 0.941. The van der Waals surface area contributed by atoms with Crippen LogP contribution in [0.15, 0.2) is 0 Å². The number of esters is 4. The molecule has 0 aliphatic carbocycles. The molecule has 87 heavy (non-hydrogen) atoms. The lowest BCUT2D eigenvalue weighted by Crippen LogP contribution is -2.30. The molecule has 19 heteroatoms. The van der Waals surface area contributed by atoms with Crippen molar-refractivity contribution in [2.24, 2.45) is 23.7 Å². The predicted octanol–water partition coefficient (Wildman–Crippen LogP) is 18.9. The zero-order chi connectivity index (χ0) is 64.7. The Bertz CT molecular complexity index is 1730. The first-order chi connectivity index (χ1) is 41.6. The zero-order valence-corrected chi connectivity index (χ0v) is 58.4. The SMILES string of the molecule is CC(C)CCCCCCCCCCCCCCCC(=O)O[C@H](COC(=O)CCCCCCCCCCC(C)C)COP(=O)(O)OC[C@@H](O)COP(=O)(O)OC[C@@H](COC(=O)CCCCCCCCC(C)C)OC(=O)CCCCCCCCCCC(C)C. The van der Waals surface area contributed by atoms with Crippen molar-refractivity contribution in [1.29, 1.82) is 0 Å². The van der Waals surface area contributed by atoms with Gasteiger partial charge in [0.2, 0.25) is 0 Å². The van der Waals surface area contributed by atoms with E-state index in [0.717, 1.165) is 114 Å². The van der Waals surface area contributed by atoms with Crippen molar-refractivity contribution in [2.45, 2.75) is 350 Å².